The Hall–Kier alpha value is -1.86. The first-order valence-electron chi connectivity index (χ1n) is 8.96. The summed E-state index contributed by atoms with van der Waals surface area (Å²) in [6.45, 7) is 1.25. The van der Waals surface area contributed by atoms with Crippen molar-refractivity contribution < 1.29 is 9.63 Å². The maximum absolute atomic E-state index is 13.1. The van der Waals surface area contributed by atoms with Crippen LogP contribution in [0.15, 0.2) is 52.5 Å². The van der Waals surface area contributed by atoms with Crippen LogP contribution >= 0.6 is 46.6 Å². The minimum Gasteiger partial charge on any atom is -0.332 e. The molecule has 0 radical (unpaired) electrons. The molecule has 9 heteroatoms. The van der Waals surface area contributed by atoms with E-state index in [0.717, 1.165) is 12.0 Å². The van der Waals surface area contributed by atoms with Crippen LogP contribution in [0.2, 0.25) is 15.1 Å². The fourth-order valence-electron chi connectivity index (χ4n) is 3.68. The molecule has 148 valence electrons. The van der Waals surface area contributed by atoms with Crippen LogP contribution in [0, 0.1) is 0 Å². The number of halogens is 3. The van der Waals surface area contributed by atoms with Gasteiger partial charge in [0, 0.05) is 18.1 Å². The lowest BCUT2D eigenvalue weighted by molar-refractivity contribution is -0.167. The highest BCUT2D eigenvalue weighted by molar-refractivity contribution is 8.05. The molecule has 2 fully saturated rings. The molecule has 0 bridgehead atoms. The molecule has 0 aliphatic carbocycles. The molecule has 2 saturated heterocycles. The molecule has 3 aliphatic rings. The lowest BCUT2D eigenvalue weighted by Crippen LogP contribution is -2.60. The van der Waals surface area contributed by atoms with Crippen LogP contribution in [0.3, 0.4) is 0 Å². The third-order valence-electron chi connectivity index (χ3n) is 5.01. The Kier molecular flexibility index (Phi) is 4.70. The average molecular weight is 467 g/mol. The van der Waals surface area contributed by atoms with Gasteiger partial charge in [-0.05, 0) is 54.1 Å². The van der Waals surface area contributed by atoms with Crippen LogP contribution in [0.4, 0.5) is 0 Å². The number of carbonyl (C=O) groups excluding carboxylic acids is 1. The molecule has 2 aromatic rings. The first kappa shape index (κ1) is 19.1. The molecule has 3 heterocycles. The second kappa shape index (κ2) is 7.13. The summed E-state index contributed by atoms with van der Waals surface area (Å²) in [7, 11) is 0. The Morgan fingerprint density at radius 3 is 2.45 bits per heavy atom. The minimum absolute atomic E-state index is 0.0867. The maximum atomic E-state index is 13.1. The van der Waals surface area contributed by atoms with Crippen molar-refractivity contribution in [2.75, 3.05) is 13.1 Å². The number of oxime groups is 1. The highest BCUT2D eigenvalue weighted by Crippen LogP contribution is 2.52. The van der Waals surface area contributed by atoms with Gasteiger partial charge in [-0.2, -0.15) is 0 Å². The van der Waals surface area contributed by atoms with Crippen molar-refractivity contribution in [2.24, 2.45) is 5.16 Å². The topological polar surface area (TPSA) is 45.1 Å². The highest BCUT2D eigenvalue weighted by Gasteiger charge is 2.62. The molecule has 0 saturated carbocycles. The van der Waals surface area contributed by atoms with Crippen molar-refractivity contribution in [3.63, 3.8) is 0 Å². The number of amidine groups is 1. The molecule has 5 rings (SSSR count). The van der Waals surface area contributed by atoms with Gasteiger partial charge in [-0.15, -0.1) is 0 Å². The monoisotopic (exact) mass is 465 g/mol. The van der Waals surface area contributed by atoms with E-state index in [1.54, 1.807) is 35.2 Å². The molecular weight excluding hydrogens is 453 g/mol. The van der Waals surface area contributed by atoms with E-state index in [-0.39, 0.29) is 5.91 Å². The third kappa shape index (κ3) is 3.01. The van der Waals surface area contributed by atoms with Gasteiger partial charge in [0.25, 0.3) is 5.91 Å². The number of hydrogen-bond donors (Lipinski definition) is 0. The summed E-state index contributed by atoms with van der Waals surface area (Å²) in [6.07, 6.45) is 2.63. The van der Waals surface area contributed by atoms with Crippen LogP contribution < -0.4 is 0 Å². The standard InChI is InChI=1S/C20H14Cl3N3O2S/c21-13-7-5-12(6-8-13)11-16-19(27)26-10-2-9-25-18(24-28-20(25,26)29-16)17-14(22)3-1-4-15(17)23/h1,3-8,11H,2,9-10H2/b16-11+. The lowest BCUT2D eigenvalue weighted by Gasteiger charge is -2.42. The van der Waals surface area contributed by atoms with Crippen LogP contribution in [0.25, 0.3) is 6.08 Å². The normalized spacial score (nSPS) is 24.4. The molecular formula is C20H14Cl3N3O2S. The van der Waals surface area contributed by atoms with Crippen LogP contribution in [0.1, 0.15) is 17.5 Å². The molecule has 1 amide bonds. The van der Waals surface area contributed by atoms with Gasteiger partial charge >= 0.3 is 5.18 Å². The van der Waals surface area contributed by atoms with Crippen molar-refractivity contribution in [3.05, 3.63) is 73.6 Å². The van der Waals surface area contributed by atoms with Crippen molar-refractivity contribution >= 4 is 64.4 Å². The number of benzene rings is 2. The molecule has 1 unspecified atom stereocenters. The minimum atomic E-state index is -1.05. The Bertz CT molecular complexity index is 1050. The summed E-state index contributed by atoms with van der Waals surface area (Å²) in [5.74, 6) is 0.453. The van der Waals surface area contributed by atoms with Gasteiger partial charge in [0.15, 0.2) is 5.84 Å². The smallest absolute Gasteiger partial charge is 0.332 e. The van der Waals surface area contributed by atoms with Gasteiger partial charge in [0.05, 0.1) is 20.5 Å². The Morgan fingerprint density at radius 1 is 1.03 bits per heavy atom. The summed E-state index contributed by atoms with van der Waals surface area (Å²) in [6, 6.07) is 12.6. The molecule has 1 atom stereocenters. The molecule has 1 spiro atoms. The number of carbonyl (C=O) groups is 1. The van der Waals surface area contributed by atoms with E-state index in [9.17, 15) is 4.79 Å². The van der Waals surface area contributed by atoms with Gasteiger partial charge in [-0.25, -0.2) is 0 Å². The zero-order valence-electron chi connectivity index (χ0n) is 14.9. The largest absolute Gasteiger partial charge is 0.348 e. The van der Waals surface area contributed by atoms with Crippen LogP contribution in [-0.2, 0) is 9.63 Å². The number of thioether (sulfide) groups is 1. The van der Waals surface area contributed by atoms with Crippen molar-refractivity contribution in [3.8, 4) is 0 Å². The van der Waals surface area contributed by atoms with E-state index in [0.29, 0.717) is 44.5 Å². The second-order valence-electron chi connectivity index (χ2n) is 6.78. The quantitative estimate of drug-likeness (QED) is 0.566. The van der Waals surface area contributed by atoms with Crippen molar-refractivity contribution in [1.29, 1.82) is 0 Å². The van der Waals surface area contributed by atoms with Gasteiger partial charge in [-0.3, -0.25) is 14.6 Å². The van der Waals surface area contributed by atoms with Gasteiger partial charge in [0.1, 0.15) is 0 Å². The Morgan fingerprint density at radius 2 is 1.72 bits per heavy atom. The highest BCUT2D eigenvalue weighted by atomic mass is 35.5. The molecule has 2 aromatic carbocycles. The number of amides is 1. The number of hydrogen-bond acceptors (Lipinski definition) is 5. The number of rotatable bonds is 2. The maximum Gasteiger partial charge on any atom is 0.348 e. The molecule has 29 heavy (non-hydrogen) atoms. The predicted octanol–water partition coefficient (Wildman–Crippen LogP) is 5.27. The summed E-state index contributed by atoms with van der Waals surface area (Å²) in [5.41, 5.74) is 1.50. The van der Waals surface area contributed by atoms with Gasteiger partial charge in [-0.1, -0.05) is 58.2 Å². The van der Waals surface area contributed by atoms with E-state index in [1.807, 2.05) is 23.1 Å². The molecule has 0 N–H and O–H groups in total. The second-order valence-corrected chi connectivity index (χ2v) is 9.20. The fraction of sp³-hybridized carbons (Fsp3) is 0.200. The SMILES string of the molecule is O=C1/C(=C\c2ccc(Cl)cc2)SC23ON=C(c4c(Cl)cccc4Cl)N2CCCN13. The summed E-state index contributed by atoms with van der Waals surface area (Å²) in [5, 5.41) is 4.88. The van der Waals surface area contributed by atoms with Crippen LogP contribution in [-0.4, -0.2) is 39.8 Å². The van der Waals surface area contributed by atoms with Crippen molar-refractivity contribution in [2.45, 2.75) is 11.6 Å². The lowest BCUT2D eigenvalue weighted by atomic mass is 10.1. The van der Waals surface area contributed by atoms with E-state index < -0.39 is 5.18 Å². The Balaban J connectivity index is 1.53. The molecule has 3 aliphatic heterocycles. The first-order valence-corrected chi connectivity index (χ1v) is 10.9. The molecule has 0 aromatic heterocycles. The number of nitrogens with zero attached hydrogens (tertiary/aromatic N) is 3. The predicted molar refractivity (Wildman–Crippen MR) is 117 cm³/mol. The fourth-order valence-corrected chi connectivity index (χ4v) is 5.70. The van der Waals surface area contributed by atoms with Crippen LogP contribution in [0.5, 0.6) is 0 Å². The van der Waals surface area contributed by atoms with Gasteiger partial charge in [0.2, 0.25) is 0 Å². The van der Waals surface area contributed by atoms with Gasteiger partial charge < -0.3 is 4.84 Å². The summed E-state index contributed by atoms with van der Waals surface area (Å²) >= 11 is 20.1. The summed E-state index contributed by atoms with van der Waals surface area (Å²) < 4.78 is 0. The van der Waals surface area contributed by atoms with E-state index in [1.165, 1.54) is 11.8 Å². The average Bonchev–Trinajstić information content (AvgIpc) is 3.20. The molecule has 5 nitrogen and oxygen atoms in total. The third-order valence-corrected chi connectivity index (χ3v) is 7.18. The zero-order valence-corrected chi connectivity index (χ0v) is 18.0. The van der Waals surface area contributed by atoms with E-state index in [2.05, 4.69) is 5.16 Å². The van der Waals surface area contributed by atoms with E-state index in [4.69, 9.17) is 39.6 Å². The summed E-state index contributed by atoms with van der Waals surface area (Å²) in [4.78, 5) is 23.3. The Labute approximate surface area is 186 Å². The first-order chi connectivity index (χ1) is 14.0. The van der Waals surface area contributed by atoms with E-state index >= 15 is 0 Å². The van der Waals surface area contributed by atoms with Crippen molar-refractivity contribution in [1.82, 2.24) is 9.80 Å². The zero-order chi connectivity index (χ0) is 20.2.